The number of benzene rings is 1. The van der Waals surface area contributed by atoms with E-state index in [0.717, 1.165) is 5.56 Å². The molecule has 1 saturated heterocycles. The van der Waals surface area contributed by atoms with Crippen molar-refractivity contribution >= 4 is 5.97 Å². The maximum atomic E-state index is 11.9. The van der Waals surface area contributed by atoms with E-state index in [1.807, 2.05) is 30.3 Å². The lowest BCUT2D eigenvalue weighted by Gasteiger charge is -2.34. The summed E-state index contributed by atoms with van der Waals surface area (Å²) in [5, 5.41) is 19.6. The van der Waals surface area contributed by atoms with E-state index < -0.39 is 17.9 Å². The third-order valence-corrected chi connectivity index (χ3v) is 3.37. The minimum atomic E-state index is -1.62. The van der Waals surface area contributed by atoms with Gasteiger partial charge in [0.15, 0.2) is 5.79 Å². The van der Waals surface area contributed by atoms with E-state index in [1.54, 1.807) is 6.92 Å². The van der Waals surface area contributed by atoms with E-state index in [-0.39, 0.29) is 25.6 Å². The number of rotatable bonds is 4. The fourth-order valence-electron chi connectivity index (χ4n) is 2.29. The Balaban J connectivity index is 1.89. The zero-order valence-corrected chi connectivity index (χ0v) is 11.5. The van der Waals surface area contributed by atoms with Gasteiger partial charge in [0, 0.05) is 6.42 Å². The summed E-state index contributed by atoms with van der Waals surface area (Å²) in [6.07, 6.45) is -0.810. The Hall–Kier alpha value is -1.43. The molecule has 1 heterocycles. The maximum absolute atomic E-state index is 11.9. The van der Waals surface area contributed by atoms with Crippen LogP contribution >= 0.6 is 0 Å². The van der Waals surface area contributed by atoms with E-state index in [4.69, 9.17) is 9.47 Å². The van der Waals surface area contributed by atoms with Gasteiger partial charge in [0.25, 0.3) is 0 Å². The van der Waals surface area contributed by atoms with Gasteiger partial charge < -0.3 is 19.7 Å². The van der Waals surface area contributed by atoms with Crippen LogP contribution in [0.4, 0.5) is 0 Å². The van der Waals surface area contributed by atoms with Crippen LogP contribution in [0, 0.1) is 0 Å². The molecule has 0 aliphatic carbocycles. The summed E-state index contributed by atoms with van der Waals surface area (Å²) in [5.41, 5.74) is 0.887. The predicted octanol–water partition coefficient (Wildman–Crippen LogP) is 1.54. The summed E-state index contributed by atoms with van der Waals surface area (Å²) < 4.78 is 10.5. The normalized spacial score (nSPS) is 27.9. The highest BCUT2D eigenvalue weighted by Gasteiger charge is 2.37. The van der Waals surface area contributed by atoms with Gasteiger partial charge >= 0.3 is 5.97 Å². The number of carbonyl (C=O) groups is 1. The van der Waals surface area contributed by atoms with Crippen molar-refractivity contribution in [3.8, 4) is 0 Å². The lowest BCUT2D eigenvalue weighted by atomic mass is 10.00. The first-order valence-electron chi connectivity index (χ1n) is 6.77. The fraction of sp³-hybridized carbons (Fsp3) is 0.533. The van der Waals surface area contributed by atoms with Crippen molar-refractivity contribution in [3.63, 3.8) is 0 Å². The molecule has 5 nitrogen and oxygen atoms in total. The molecule has 0 saturated carbocycles. The molecule has 110 valence electrons. The second kappa shape index (κ2) is 6.35. The van der Waals surface area contributed by atoms with Crippen molar-refractivity contribution in [2.45, 2.75) is 44.2 Å². The Bertz CT molecular complexity index is 447. The highest BCUT2D eigenvalue weighted by Crippen LogP contribution is 2.27. The van der Waals surface area contributed by atoms with Gasteiger partial charge in [-0.25, -0.2) is 0 Å². The zero-order chi connectivity index (χ0) is 14.6. The number of esters is 1. The molecular weight excluding hydrogens is 260 g/mol. The highest BCUT2D eigenvalue weighted by atomic mass is 16.6. The first-order valence-corrected chi connectivity index (χ1v) is 6.77. The minimum absolute atomic E-state index is 0.0296. The molecular formula is C15H20O5. The number of hydrogen-bond donors (Lipinski definition) is 2. The summed E-state index contributed by atoms with van der Waals surface area (Å²) in [6.45, 7) is 2.01. The third kappa shape index (κ3) is 4.03. The summed E-state index contributed by atoms with van der Waals surface area (Å²) in [5.74, 6) is -2.16. The van der Waals surface area contributed by atoms with Crippen LogP contribution in [0.15, 0.2) is 30.3 Å². The van der Waals surface area contributed by atoms with Crippen molar-refractivity contribution in [1.29, 1.82) is 0 Å². The van der Waals surface area contributed by atoms with Crippen LogP contribution in [-0.4, -0.2) is 34.7 Å². The molecule has 1 aromatic carbocycles. The summed E-state index contributed by atoms with van der Waals surface area (Å²) in [6, 6.07) is 9.36. The van der Waals surface area contributed by atoms with E-state index in [0.29, 0.717) is 6.42 Å². The van der Waals surface area contributed by atoms with Gasteiger partial charge in [-0.1, -0.05) is 30.3 Å². The van der Waals surface area contributed by atoms with Crippen molar-refractivity contribution < 1.29 is 24.5 Å². The number of hydrogen-bond acceptors (Lipinski definition) is 5. The Morgan fingerprint density at radius 1 is 1.50 bits per heavy atom. The molecule has 0 spiro atoms. The lowest BCUT2D eigenvalue weighted by molar-refractivity contribution is -0.249. The molecule has 3 atom stereocenters. The maximum Gasteiger partial charge on any atom is 0.311 e. The molecule has 1 aromatic rings. The van der Waals surface area contributed by atoms with Crippen LogP contribution in [-0.2, 0) is 14.3 Å². The van der Waals surface area contributed by atoms with Crippen LogP contribution in [0.3, 0.4) is 0 Å². The molecule has 0 aromatic heterocycles. The minimum Gasteiger partial charge on any atom is -0.458 e. The monoisotopic (exact) mass is 280 g/mol. The average Bonchev–Trinajstić information content (AvgIpc) is 2.38. The lowest BCUT2D eigenvalue weighted by Crippen LogP contribution is -2.43. The molecule has 1 aliphatic rings. The van der Waals surface area contributed by atoms with Crippen LogP contribution in [0.25, 0.3) is 0 Å². The van der Waals surface area contributed by atoms with Gasteiger partial charge in [-0.15, -0.1) is 0 Å². The summed E-state index contributed by atoms with van der Waals surface area (Å²) >= 11 is 0. The molecule has 0 radical (unpaired) electrons. The smallest absolute Gasteiger partial charge is 0.311 e. The average molecular weight is 280 g/mol. The molecule has 2 N–H and O–H groups in total. The Morgan fingerprint density at radius 2 is 2.20 bits per heavy atom. The first kappa shape index (κ1) is 15.0. The second-order valence-electron chi connectivity index (χ2n) is 5.16. The van der Waals surface area contributed by atoms with Gasteiger partial charge in [0.1, 0.15) is 6.10 Å². The molecule has 0 unspecified atom stereocenters. The molecule has 0 amide bonds. The molecule has 1 aliphatic heterocycles. The second-order valence-corrected chi connectivity index (χ2v) is 5.16. The Morgan fingerprint density at radius 3 is 2.85 bits per heavy atom. The van der Waals surface area contributed by atoms with E-state index in [2.05, 4.69) is 0 Å². The van der Waals surface area contributed by atoms with Gasteiger partial charge in [0.2, 0.25) is 0 Å². The molecule has 0 bridgehead atoms. The van der Waals surface area contributed by atoms with E-state index >= 15 is 0 Å². The van der Waals surface area contributed by atoms with Crippen molar-refractivity contribution in [2.24, 2.45) is 0 Å². The third-order valence-electron chi connectivity index (χ3n) is 3.37. The van der Waals surface area contributed by atoms with Gasteiger partial charge in [0.05, 0.1) is 19.1 Å². The Labute approximate surface area is 118 Å². The number of aliphatic hydroxyl groups excluding tert-OH is 1. The van der Waals surface area contributed by atoms with E-state index in [1.165, 1.54) is 0 Å². The largest absolute Gasteiger partial charge is 0.458 e. The van der Waals surface area contributed by atoms with Crippen LogP contribution < -0.4 is 0 Å². The molecule has 20 heavy (non-hydrogen) atoms. The number of carbonyl (C=O) groups excluding carboxylic acids is 1. The highest BCUT2D eigenvalue weighted by molar-refractivity contribution is 5.70. The van der Waals surface area contributed by atoms with Crippen LogP contribution in [0.5, 0.6) is 0 Å². The van der Waals surface area contributed by atoms with Crippen molar-refractivity contribution in [1.82, 2.24) is 0 Å². The molecule has 1 fully saturated rings. The topological polar surface area (TPSA) is 76.0 Å². The zero-order valence-electron chi connectivity index (χ0n) is 11.5. The van der Waals surface area contributed by atoms with E-state index in [9.17, 15) is 15.0 Å². The summed E-state index contributed by atoms with van der Waals surface area (Å²) in [7, 11) is 0. The quantitative estimate of drug-likeness (QED) is 0.818. The molecule has 5 heteroatoms. The van der Waals surface area contributed by atoms with Gasteiger partial charge in [-0.05, 0) is 18.9 Å². The number of aliphatic hydroxyl groups is 2. The van der Waals surface area contributed by atoms with Gasteiger partial charge in [-0.2, -0.15) is 0 Å². The molecule has 2 rings (SSSR count). The standard InChI is InChI=1S/C15H20O5/c1-11(12-5-3-2-4-6-12)20-14(17)10-15(18)9-13(16)7-8-19-15/h2-6,11,13,16,18H,7-10H2,1H3/t11-,13-,15-/m1/s1. The fourth-order valence-corrected chi connectivity index (χ4v) is 2.29. The predicted molar refractivity (Wildman–Crippen MR) is 71.7 cm³/mol. The Kier molecular flexibility index (Phi) is 4.75. The SMILES string of the molecule is C[C@@H](OC(=O)C[C@@]1(O)C[C@H](O)CCO1)c1ccccc1. The number of ether oxygens (including phenoxy) is 2. The van der Waals surface area contributed by atoms with Crippen molar-refractivity contribution in [2.75, 3.05) is 6.61 Å². The van der Waals surface area contributed by atoms with Crippen LogP contribution in [0.2, 0.25) is 0 Å². The first-order chi connectivity index (χ1) is 9.48. The van der Waals surface area contributed by atoms with Crippen LogP contribution in [0.1, 0.15) is 37.9 Å². The van der Waals surface area contributed by atoms with Gasteiger partial charge in [-0.3, -0.25) is 4.79 Å². The summed E-state index contributed by atoms with van der Waals surface area (Å²) in [4.78, 5) is 11.9. The van der Waals surface area contributed by atoms with Crippen molar-refractivity contribution in [3.05, 3.63) is 35.9 Å².